The number of hydrogen-bond acceptors (Lipinski definition) is 15. The summed E-state index contributed by atoms with van der Waals surface area (Å²) in [7, 11) is 7.38. The number of ether oxygens (including phenoxy) is 1. The van der Waals surface area contributed by atoms with Gasteiger partial charge in [-0.25, -0.2) is 0 Å². The number of rotatable bonds is 23. The van der Waals surface area contributed by atoms with Crippen LogP contribution in [0.15, 0.2) is 0 Å². The Labute approximate surface area is 628 Å². The quantitative estimate of drug-likeness (QED) is 0.0618. The van der Waals surface area contributed by atoms with Crippen LogP contribution in [-0.4, -0.2) is 263 Å². The summed E-state index contributed by atoms with van der Waals surface area (Å²) in [5.41, 5.74) is 0. The van der Waals surface area contributed by atoms with Crippen LogP contribution < -0.4 is 26.6 Å². The standard InChI is InChI=1S/C78H138N12O15/c1-18-19-33-90-47-68(95)84(13)61(39-50(4)5)70(96)79-57(48-105-37-36-91)45-67(94)85(14)65(44-56-31-25-21-26-32-56)77(103)88(17)63(41-52(8)9)72(98)82-60(76(102)89-34-27-22-28-35-89)46-66(93)80-58(38-49(2)3)74(100)86(15)62(40-51(6)7)71(97)81-59(43-55-29-23-20-24-30-55)75(101)87(16)64(42-53(10)11)73(99)83-69(54(12)92)78(90)104/h49-65,69,91-92H,18-48H2,1-17H3,(H,79,96)(H,80,93)(H,81,97)(H,82,98)(H,83,99)/t54-,57-,58-,59+,60+,61+,62+,63+,64+,65+,69+/m1/s1. The highest BCUT2D eigenvalue weighted by Gasteiger charge is 2.44. The van der Waals surface area contributed by atoms with Gasteiger partial charge in [-0.15, -0.1) is 0 Å². The minimum atomic E-state index is -1.63. The highest BCUT2D eigenvalue weighted by Crippen LogP contribution is 2.32. The molecular formula is C78H138N12O15. The summed E-state index contributed by atoms with van der Waals surface area (Å²) in [6.45, 7) is 21.4. The molecule has 27 nitrogen and oxygen atoms in total. The predicted octanol–water partition coefficient (Wildman–Crippen LogP) is 5.54. The van der Waals surface area contributed by atoms with Crippen molar-refractivity contribution in [3.8, 4) is 0 Å². The van der Waals surface area contributed by atoms with E-state index in [4.69, 9.17) is 4.74 Å². The van der Waals surface area contributed by atoms with Gasteiger partial charge in [-0.1, -0.05) is 147 Å². The third kappa shape index (κ3) is 29.2. The number of unbranched alkanes of at least 4 members (excludes halogenated alkanes) is 1. The summed E-state index contributed by atoms with van der Waals surface area (Å²) in [6, 6.07) is -12.6. The first kappa shape index (κ1) is 90.9. The number of nitrogens with zero attached hydrogens (tertiary/aromatic N) is 7. The first-order valence-electron chi connectivity index (χ1n) is 39.8. The Morgan fingerprint density at radius 1 is 0.476 bits per heavy atom. The van der Waals surface area contributed by atoms with E-state index < -0.39 is 157 Å². The van der Waals surface area contributed by atoms with E-state index in [1.54, 1.807) is 4.90 Å². The molecule has 4 aliphatic rings. The Morgan fingerprint density at radius 3 is 1.40 bits per heavy atom. The van der Waals surface area contributed by atoms with Gasteiger partial charge in [-0.05, 0) is 119 Å². The van der Waals surface area contributed by atoms with Crippen LogP contribution in [0.3, 0.4) is 0 Å². The van der Waals surface area contributed by atoms with E-state index >= 15 is 38.4 Å². The highest BCUT2D eigenvalue weighted by molar-refractivity contribution is 5.99. The number of carbonyl (C=O) groups is 12. The van der Waals surface area contributed by atoms with Gasteiger partial charge < -0.3 is 75.8 Å². The minimum Gasteiger partial charge on any atom is -0.394 e. The number of likely N-dealkylation sites (tertiary alicyclic amines) is 1. The van der Waals surface area contributed by atoms with E-state index in [0.717, 1.165) is 70.6 Å². The SMILES string of the molecule is CCCCN1CC(=O)N(C)[C@@H](CC(C)C)C(=O)N[C@@H](COCCO)CC(=O)N(C)[C@@H](CC2CCCCC2)C(=O)N(C)[C@@H](CC(C)C)C(=O)N[C@H](C(=O)N2CCCCC2)CC(=O)N[C@H](CC(C)C)C(=O)N(C)[C@@H](CC(C)C)C(=O)N[C@@H](CC2CCCCC2)C(=O)N(C)[C@@H](CC(C)C)C(=O)N[C@@H]([C@@H](C)O)C1=O. The van der Waals surface area contributed by atoms with Crippen molar-refractivity contribution in [2.45, 2.75) is 304 Å². The topological polar surface area (TPSA) is 337 Å². The molecule has 11 atom stereocenters. The van der Waals surface area contributed by atoms with Gasteiger partial charge in [-0.2, -0.15) is 0 Å². The Bertz CT molecular complexity index is 2800. The van der Waals surface area contributed by atoms with Crippen LogP contribution in [0, 0.1) is 41.4 Å². The molecule has 2 heterocycles. The number of piperidine rings is 1. The van der Waals surface area contributed by atoms with E-state index in [9.17, 15) is 29.4 Å². The number of amides is 12. The number of aliphatic hydroxyl groups excluding tert-OH is 2. The van der Waals surface area contributed by atoms with Crippen LogP contribution in [0.1, 0.15) is 237 Å². The van der Waals surface area contributed by atoms with Gasteiger partial charge in [0, 0.05) is 61.3 Å². The average molecular weight is 1480 g/mol. The molecule has 0 bridgehead atoms. The van der Waals surface area contributed by atoms with Crippen LogP contribution in [-0.2, 0) is 62.3 Å². The fourth-order valence-corrected chi connectivity index (χ4v) is 15.2. The number of hydrogen-bond donors (Lipinski definition) is 7. The lowest BCUT2D eigenvalue weighted by Gasteiger charge is -2.38. The predicted molar refractivity (Wildman–Crippen MR) is 403 cm³/mol. The number of aliphatic hydroxyl groups is 2. The maximum absolute atomic E-state index is 15.6. The molecule has 0 aromatic rings. The van der Waals surface area contributed by atoms with Gasteiger partial charge in [0.05, 0.1) is 44.9 Å². The maximum Gasteiger partial charge on any atom is 0.248 e. The fourth-order valence-electron chi connectivity index (χ4n) is 15.2. The zero-order chi connectivity index (χ0) is 78.5. The van der Waals surface area contributed by atoms with Crippen molar-refractivity contribution in [1.29, 1.82) is 0 Å². The molecule has 0 radical (unpaired) electrons. The summed E-state index contributed by atoms with van der Waals surface area (Å²) < 4.78 is 5.80. The molecule has 4 fully saturated rings. The third-order valence-corrected chi connectivity index (χ3v) is 21.4. The number of likely N-dealkylation sites (N-methyl/N-ethyl adjacent to an activating group) is 5. The number of carbonyl (C=O) groups excluding carboxylic acids is 12. The van der Waals surface area contributed by atoms with Gasteiger partial charge in [0.1, 0.15) is 54.4 Å². The van der Waals surface area contributed by atoms with Crippen LogP contribution in [0.4, 0.5) is 0 Å². The second kappa shape index (κ2) is 45.4. The van der Waals surface area contributed by atoms with E-state index in [0.29, 0.717) is 38.8 Å². The zero-order valence-corrected chi connectivity index (χ0v) is 67.1. The molecule has 2 saturated heterocycles. The Hall–Kier alpha value is -6.48. The summed E-state index contributed by atoms with van der Waals surface area (Å²) in [5, 5.41) is 35.9. The molecule has 2 aliphatic heterocycles. The number of nitrogens with one attached hydrogen (secondary N) is 5. The minimum absolute atomic E-state index is 0.00985. The van der Waals surface area contributed by atoms with Crippen molar-refractivity contribution in [3.05, 3.63) is 0 Å². The van der Waals surface area contributed by atoms with E-state index in [2.05, 4.69) is 26.6 Å². The maximum atomic E-state index is 15.6. The lowest BCUT2D eigenvalue weighted by Crippen LogP contribution is -2.61. The second-order valence-corrected chi connectivity index (χ2v) is 32.9. The fraction of sp³-hybridized carbons (Fsp3) is 0.846. The lowest BCUT2D eigenvalue weighted by atomic mass is 9.84. The molecule has 4 rings (SSSR count). The molecule has 0 aromatic carbocycles. The van der Waals surface area contributed by atoms with Crippen molar-refractivity contribution in [2.24, 2.45) is 41.4 Å². The van der Waals surface area contributed by atoms with Crippen LogP contribution in [0.5, 0.6) is 0 Å². The smallest absolute Gasteiger partial charge is 0.248 e. The van der Waals surface area contributed by atoms with Gasteiger partial charge in [-0.3, -0.25) is 57.5 Å². The summed E-state index contributed by atoms with van der Waals surface area (Å²) in [6.07, 6.45) is 10.6. The molecule has 0 unspecified atom stereocenters. The molecule has 105 heavy (non-hydrogen) atoms. The third-order valence-electron chi connectivity index (χ3n) is 21.4. The van der Waals surface area contributed by atoms with Crippen LogP contribution in [0.25, 0.3) is 0 Å². The monoisotopic (exact) mass is 1480 g/mol. The molecule has 0 aromatic heterocycles. The van der Waals surface area contributed by atoms with E-state index in [1.807, 2.05) is 76.2 Å². The van der Waals surface area contributed by atoms with Crippen molar-refractivity contribution in [2.75, 3.05) is 81.2 Å². The largest absolute Gasteiger partial charge is 0.394 e. The van der Waals surface area contributed by atoms with Crippen LogP contribution >= 0.6 is 0 Å². The highest BCUT2D eigenvalue weighted by atomic mass is 16.5. The molecule has 2 aliphatic carbocycles. The Morgan fingerprint density at radius 2 is 0.914 bits per heavy atom. The molecule has 12 amide bonds. The van der Waals surface area contributed by atoms with Crippen molar-refractivity contribution >= 4 is 70.9 Å². The molecular weight excluding hydrogens is 1340 g/mol. The normalized spacial score (nSPS) is 26.7. The molecule has 600 valence electrons. The van der Waals surface area contributed by atoms with Crippen molar-refractivity contribution in [1.82, 2.24) is 60.9 Å². The molecule has 0 spiro atoms. The lowest BCUT2D eigenvalue weighted by molar-refractivity contribution is -0.150. The molecule has 27 heteroatoms. The summed E-state index contributed by atoms with van der Waals surface area (Å²) in [4.78, 5) is 191. The van der Waals surface area contributed by atoms with Gasteiger partial charge in [0.15, 0.2) is 0 Å². The van der Waals surface area contributed by atoms with Crippen LogP contribution in [0.2, 0.25) is 0 Å². The van der Waals surface area contributed by atoms with Crippen molar-refractivity contribution < 1.29 is 72.5 Å². The van der Waals surface area contributed by atoms with E-state index in [-0.39, 0.29) is 113 Å². The van der Waals surface area contributed by atoms with Crippen molar-refractivity contribution in [3.63, 3.8) is 0 Å². The average Bonchev–Trinajstić information content (AvgIpc) is 0.833. The van der Waals surface area contributed by atoms with Gasteiger partial charge in [0.2, 0.25) is 70.9 Å². The van der Waals surface area contributed by atoms with Gasteiger partial charge in [0.25, 0.3) is 0 Å². The molecule has 2 saturated carbocycles. The molecule has 7 N–H and O–H groups in total. The summed E-state index contributed by atoms with van der Waals surface area (Å²) >= 11 is 0. The van der Waals surface area contributed by atoms with Gasteiger partial charge >= 0.3 is 0 Å². The van der Waals surface area contributed by atoms with E-state index in [1.165, 1.54) is 71.6 Å². The first-order chi connectivity index (χ1) is 49.5. The first-order valence-corrected chi connectivity index (χ1v) is 39.8. The Balaban J connectivity index is 1.99. The second-order valence-electron chi connectivity index (χ2n) is 32.9. The zero-order valence-electron chi connectivity index (χ0n) is 67.1. The Kier molecular flexibility index (Phi) is 39.3. The summed E-state index contributed by atoms with van der Waals surface area (Å²) in [5.74, 6) is -8.73.